The molecule has 0 fully saturated rings. The highest BCUT2D eigenvalue weighted by molar-refractivity contribution is 5.86. The maximum atomic E-state index is 13.2. The molecule has 0 saturated heterocycles. The molecule has 2 atom stereocenters. The second-order valence-corrected chi connectivity index (χ2v) is 7.23. The summed E-state index contributed by atoms with van der Waals surface area (Å²) in [4.78, 5) is 18.8. The summed E-state index contributed by atoms with van der Waals surface area (Å²) in [5.74, 6) is 0.000549. The molecule has 152 valence electrons. The van der Waals surface area contributed by atoms with Gasteiger partial charge in [0.1, 0.15) is 0 Å². The molecule has 2 aliphatic rings. The molecule has 1 amide bonds. The molecule has 1 aliphatic heterocycles. The number of alkyl halides is 3. The molecule has 0 aromatic carbocycles. The first-order valence-electron chi connectivity index (χ1n) is 8.43. The van der Waals surface area contributed by atoms with Crippen LogP contribution in [-0.4, -0.2) is 28.4 Å². The second kappa shape index (κ2) is 8.37. The van der Waals surface area contributed by atoms with Crippen molar-refractivity contribution in [3.8, 4) is 0 Å². The van der Waals surface area contributed by atoms with Crippen molar-refractivity contribution in [2.24, 2.45) is 17.1 Å². The van der Waals surface area contributed by atoms with Gasteiger partial charge in [-0.3, -0.25) is 9.78 Å². The summed E-state index contributed by atoms with van der Waals surface area (Å²) in [6.07, 6.45) is 1.15. The van der Waals surface area contributed by atoms with Gasteiger partial charge in [0.15, 0.2) is 0 Å². The first-order valence-corrected chi connectivity index (χ1v) is 8.43. The minimum Gasteiger partial charge on any atom is -0.337 e. The van der Waals surface area contributed by atoms with Crippen molar-refractivity contribution in [3.05, 3.63) is 41.2 Å². The van der Waals surface area contributed by atoms with Crippen molar-refractivity contribution in [2.75, 3.05) is 6.54 Å². The van der Waals surface area contributed by atoms with E-state index >= 15 is 0 Å². The highest BCUT2D eigenvalue weighted by Crippen LogP contribution is 2.41. The second-order valence-electron chi connectivity index (χ2n) is 7.23. The van der Waals surface area contributed by atoms with E-state index in [-0.39, 0.29) is 49.2 Å². The van der Waals surface area contributed by atoms with Gasteiger partial charge in [-0.1, -0.05) is 26.0 Å². The number of rotatable bonds is 2. The molecule has 0 spiro atoms. The van der Waals surface area contributed by atoms with E-state index in [1.807, 2.05) is 26.0 Å². The highest BCUT2D eigenvalue weighted by atomic mass is 35.5. The Balaban J connectivity index is 0.00000182. The fourth-order valence-corrected chi connectivity index (χ4v) is 3.70. The van der Waals surface area contributed by atoms with Crippen LogP contribution in [0.2, 0.25) is 0 Å². The zero-order chi connectivity index (χ0) is 18.4. The zero-order valence-electron chi connectivity index (χ0n) is 15.1. The minimum absolute atomic E-state index is 0. The molecule has 4 nitrogen and oxygen atoms in total. The molecular formula is C18H24Cl2F3N3O. The van der Waals surface area contributed by atoms with Gasteiger partial charge in [-0.25, -0.2) is 0 Å². The molecule has 2 N–H and O–H groups in total. The fourth-order valence-electron chi connectivity index (χ4n) is 3.70. The molecule has 0 bridgehead atoms. The number of halogens is 5. The minimum atomic E-state index is -4.44. The van der Waals surface area contributed by atoms with Gasteiger partial charge in [-0.05, 0) is 24.0 Å². The number of nitrogens with two attached hydrogens (primary N) is 1. The van der Waals surface area contributed by atoms with Gasteiger partial charge in [0.25, 0.3) is 0 Å². The maximum absolute atomic E-state index is 13.2. The van der Waals surface area contributed by atoms with E-state index in [0.29, 0.717) is 30.6 Å². The lowest BCUT2D eigenvalue weighted by Crippen LogP contribution is -2.48. The van der Waals surface area contributed by atoms with Gasteiger partial charge in [0.05, 0.1) is 11.0 Å². The average Bonchev–Trinajstić information content (AvgIpc) is 2.95. The molecule has 0 radical (unpaired) electrons. The maximum Gasteiger partial charge on any atom is 0.417 e. The third-order valence-electron chi connectivity index (χ3n) is 5.30. The predicted octanol–water partition coefficient (Wildman–Crippen LogP) is 3.76. The first-order chi connectivity index (χ1) is 11.6. The molecule has 1 unspecified atom stereocenters. The molecule has 3 rings (SSSR count). The third kappa shape index (κ3) is 4.41. The van der Waals surface area contributed by atoms with Crippen LogP contribution >= 0.6 is 24.8 Å². The Hall–Kier alpha value is -1.31. The summed E-state index contributed by atoms with van der Waals surface area (Å²) in [7, 11) is 0. The first kappa shape index (κ1) is 23.7. The molecule has 1 aromatic heterocycles. The van der Waals surface area contributed by atoms with Gasteiger partial charge >= 0.3 is 6.18 Å². The van der Waals surface area contributed by atoms with Gasteiger partial charge < -0.3 is 10.6 Å². The van der Waals surface area contributed by atoms with Crippen molar-refractivity contribution in [1.82, 2.24) is 9.88 Å². The van der Waals surface area contributed by atoms with Crippen LogP contribution in [0.25, 0.3) is 0 Å². The standard InChI is InChI=1S/C18H22F3N3O.2ClH/c1-11(2)17(5-3-14(22)8-17)16(25)24-6-4-15-12(10-24)7-13(9-23-15)18(19,20)21;;/h3,5,7,9,11,14H,4,6,8,10,22H2,1-2H3;2*1H/t14?,17-;;/m0../s1. The number of pyridine rings is 1. The Morgan fingerprint density at radius 1 is 1.37 bits per heavy atom. The topological polar surface area (TPSA) is 59.2 Å². The largest absolute Gasteiger partial charge is 0.417 e. The summed E-state index contributed by atoms with van der Waals surface area (Å²) >= 11 is 0. The van der Waals surface area contributed by atoms with Crippen molar-refractivity contribution < 1.29 is 18.0 Å². The summed E-state index contributed by atoms with van der Waals surface area (Å²) < 4.78 is 38.8. The van der Waals surface area contributed by atoms with Gasteiger partial charge in [0, 0.05) is 37.4 Å². The number of fused-ring (bicyclic) bond motifs is 1. The Bertz CT molecular complexity index is 724. The smallest absolute Gasteiger partial charge is 0.337 e. The average molecular weight is 426 g/mol. The predicted molar refractivity (Wildman–Crippen MR) is 102 cm³/mol. The Labute approximate surface area is 169 Å². The normalized spacial score (nSPS) is 24.3. The van der Waals surface area contributed by atoms with Crippen molar-refractivity contribution in [3.63, 3.8) is 0 Å². The number of carbonyl (C=O) groups excluding carboxylic acids is 1. The molecular weight excluding hydrogens is 402 g/mol. The van der Waals surface area contributed by atoms with Crippen LogP contribution in [0.15, 0.2) is 24.4 Å². The fraction of sp³-hybridized carbons (Fsp3) is 0.556. The van der Waals surface area contributed by atoms with Gasteiger partial charge in [-0.15, -0.1) is 24.8 Å². The molecule has 9 heteroatoms. The Kier molecular flexibility index (Phi) is 7.36. The Morgan fingerprint density at radius 3 is 2.56 bits per heavy atom. The Morgan fingerprint density at radius 2 is 2.04 bits per heavy atom. The van der Waals surface area contributed by atoms with Crippen molar-refractivity contribution in [2.45, 2.75) is 45.5 Å². The van der Waals surface area contributed by atoms with Crippen LogP contribution in [0.5, 0.6) is 0 Å². The zero-order valence-corrected chi connectivity index (χ0v) is 16.8. The molecule has 0 saturated carbocycles. The van der Waals surface area contributed by atoms with E-state index < -0.39 is 17.2 Å². The number of hydrogen-bond acceptors (Lipinski definition) is 3. The number of carbonyl (C=O) groups is 1. The quantitative estimate of drug-likeness (QED) is 0.733. The van der Waals surface area contributed by atoms with Crippen LogP contribution in [0.3, 0.4) is 0 Å². The number of aromatic nitrogens is 1. The third-order valence-corrected chi connectivity index (χ3v) is 5.30. The van der Waals surface area contributed by atoms with Crippen molar-refractivity contribution >= 4 is 30.7 Å². The summed E-state index contributed by atoms with van der Waals surface area (Å²) in [5, 5.41) is 0. The summed E-state index contributed by atoms with van der Waals surface area (Å²) in [6.45, 7) is 4.56. The molecule has 2 heterocycles. The van der Waals surface area contributed by atoms with Crippen molar-refractivity contribution in [1.29, 1.82) is 0 Å². The highest BCUT2D eigenvalue weighted by Gasteiger charge is 2.46. The van der Waals surface area contributed by atoms with E-state index in [1.54, 1.807) is 4.90 Å². The van der Waals surface area contributed by atoms with Crippen LogP contribution < -0.4 is 5.73 Å². The van der Waals surface area contributed by atoms with Crippen LogP contribution in [0, 0.1) is 11.3 Å². The molecule has 27 heavy (non-hydrogen) atoms. The van der Waals surface area contributed by atoms with Gasteiger partial charge in [-0.2, -0.15) is 13.2 Å². The lowest BCUT2D eigenvalue weighted by molar-refractivity contribution is -0.142. The SMILES string of the molecule is CC(C)[C@]1(C(=O)N2CCc3ncc(C(F)(F)F)cc3C2)C=CC(N)C1.Cl.Cl. The van der Waals surface area contributed by atoms with Crippen LogP contribution in [0.1, 0.15) is 37.1 Å². The van der Waals surface area contributed by atoms with E-state index in [9.17, 15) is 18.0 Å². The van der Waals surface area contributed by atoms with E-state index in [2.05, 4.69) is 4.98 Å². The van der Waals surface area contributed by atoms with E-state index in [1.165, 1.54) is 0 Å². The molecule has 1 aromatic rings. The van der Waals surface area contributed by atoms with E-state index in [0.717, 1.165) is 12.3 Å². The monoisotopic (exact) mass is 425 g/mol. The number of amides is 1. The molecule has 1 aliphatic carbocycles. The number of nitrogens with zero attached hydrogens (tertiary/aromatic N) is 2. The number of hydrogen-bond donors (Lipinski definition) is 1. The lowest BCUT2D eigenvalue weighted by Gasteiger charge is -2.38. The lowest BCUT2D eigenvalue weighted by atomic mass is 9.74. The summed E-state index contributed by atoms with van der Waals surface area (Å²) in [6, 6.07) is 0.946. The summed E-state index contributed by atoms with van der Waals surface area (Å²) in [5.41, 5.74) is 5.62. The van der Waals surface area contributed by atoms with Crippen LogP contribution in [-0.2, 0) is 23.9 Å². The van der Waals surface area contributed by atoms with Gasteiger partial charge in [0.2, 0.25) is 5.91 Å². The van der Waals surface area contributed by atoms with Crippen LogP contribution in [0.4, 0.5) is 13.2 Å². The van der Waals surface area contributed by atoms with E-state index in [4.69, 9.17) is 5.73 Å².